The van der Waals surface area contributed by atoms with Crippen molar-refractivity contribution >= 4 is 62.4 Å². The van der Waals surface area contributed by atoms with E-state index in [-0.39, 0.29) is 70.0 Å². The van der Waals surface area contributed by atoms with Gasteiger partial charge in [-0.2, -0.15) is 0 Å². The van der Waals surface area contributed by atoms with Crippen molar-refractivity contribution in [1.29, 1.82) is 0 Å². The fraction of sp³-hybridized carbons (Fsp3) is 0.438. The highest BCUT2D eigenvalue weighted by atomic mass is 79.9. The van der Waals surface area contributed by atoms with Gasteiger partial charge in [0.2, 0.25) is 11.8 Å². The minimum absolute atomic E-state index is 0.00202. The lowest BCUT2D eigenvalue weighted by atomic mass is 9.68. The predicted octanol–water partition coefficient (Wildman–Crippen LogP) is 4.12. The minimum Gasteiger partial charge on any atom is -0.493 e. The molecular formula is C32H30BrN3O7S2. The lowest BCUT2D eigenvalue weighted by Gasteiger charge is -2.43. The molecule has 0 radical (unpaired) electrons. The van der Waals surface area contributed by atoms with E-state index in [4.69, 9.17) is 14.2 Å². The van der Waals surface area contributed by atoms with Gasteiger partial charge in [-0.25, -0.2) is 0 Å². The third-order valence-electron chi connectivity index (χ3n) is 10.1. The Kier molecular flexibility index (Phi) is 7.34. The molecule has 2 aliphatic carbocycles. The smallest absolute Gasteiger partial charge is 0.305 e. The van der Waals surface area contributed by atoms with Crippen molar-refractivity contribution < 1.29 is 28.6 Å². The predicted molar refractivity (Wildman–Crippen MR) is 171 cm³/mol. The number of aromatic amines is 1. The molecule has 3 aromatic rings. The lowest BCUT2D eigenvalue weighted by Crippen LogP contribution is -2.43. The van der Waals surface area contributed by atoms with Gasteiger partial charge in [-0.15, -0.1) is 11.8 Å². The number of nitrogens with zero attached hydrogens (tertiary/aromatic N) is 2. The average Bonchev–Trinajstić information content (AvgIpc) is 3.79. The van der Waals surface area contributed by atoms with Crippen molar-refractivity contribution in [3.05, 3.63) is 67.0 Å². The first-order valence-electron chi connectivity index (χ1n) is 15.0. The summed E-state index contributed by atoms with van der Waals surface area (Å²) < 4.78 is 17.9. The first-order valence-corrected chi connectivity index (χ1v) is 17.5. The number of imide groups is 1. The van der Waals surface area contributed by atoms with E-state index >= 15 is 0 Å². The van der Waals surface area contributed by atoms with Crippen LogP contribution >= 0.6 is 39.0 Å². The summed E-state index contributed by atoms with van der Waals surface area (Å²) in [5.41, 5.74) is 1.56. The average molecular weight is 713 g/mol. The van der Waals surface area contributed by atoms with Gasteiger partial charge in [0.05, 0.1) is 42.9 Å². The number of morpholine rings is 1. The van der Waals surface area contributed by atoms with E-state index in [1.165, 1.54) is 16.2 Å². The van der Waals surface area contributed by atoms with Crippen molar-refractivity contribution in [3.8, 4) is 11.5 Å². The number of methoxy groups -OCH3 is 1. The maximum Gasteiger partial charge on any atom is 0.305 e. The number of carbonyl (C=O) groups is 3. The summed E-state index contributed by atoms with van der Waals surface area (Å²) in [6.45, 7) is 2.01. The highest BCUT2D eigenvalue weighted by molar-refractivity contribution is 9.10. The fourth-order valence-electron chi connectivity index (χ4n) is 8.28. The number of benzene rings is 2. The van der Waals surface area contributed by atoms with Crippen molar-refractivity contribution in [3.63, 3.8) is 0 Å². The molecule has 1 N–H and O–H groups in total. The maximum absolute atomic E-state index is 14.0. The molecule has 4 heterocycles. The molecule has 4 fully saturated rings. The van der Waals surface area contributed by atoms with E-state index in [9.17, 15) is 19.2 Å². The monoisotopic (exact) mass is 711 g/mol. The molecular weight excluding hydrogens is 682 g/mol. The number of fused-ring (bicyclic) bond motifs is 9. The number of amides is 3. The zero-order valence-corrected chi connectivity index (χ0v) is 27.5. The van der Waals surface area contributed by atoms with Crippen LogP contribution < -0.4 is 19.2 Å². The third-order valence-corrected chi connectivity index (χ3v) is 13.2. The summed E-state index contributed by atoms with van der Waals surface area (Å²) in [6, 6.07) is 13.0. The molecule has 1 aromatic heterocycles. The van der Waals surface area contributed by atoms with Crippen LogP contribution in [0.25, 0.3) is 0 Å². The standard InChI is InChI=1S/C32H30BrN3O7S2/c1-41-21-12-15(2-7-20(21)43-14-22(37)35-8-10-42-11-9-35)23-24-18-13-19(27(24)44-29-28(23)45-32(40)34-29)26-25(18)30(38)36(31(26)39)17-5-3-16(33)4-6-17/h2-7,12,18-19,23-27H,8-11,13-14H2,1H3,(H,34,40)/t18-,19-,23-,24?,25?,26?,27?/m1/s1. The van der Waals surface area contributed by atoms with Crippen molar-refractivity contribution in [2.24, 2.45) is 29.6 Å². The van der Waals surface area contributed by atoms with Crippen LogP contribution in [-0.4, -0.2) is 72.9 Å². The van der Waals surface area contributed by atoms with Crippen LogP contribution in [0.5, 0.6) is 11.5 Å². The number of nitrogens with one attached hydrogen (secondary N) is 1. The summed E-state index contributed by atoms with van der Waals surface area (Å²) >= 11 is 6.31. The van der Waals surface area contributed by atoms with Gasteiger partial charge in [-0.05, 0) is 66.1 Å². The van der Waals surface area contributed by atoms with E-state index in [2.05, 4.69) is 20.9 Å². The number of H-pyrrole nitrogens is 1. The van der Waals surface area contributed by atoms with Gasteiger partial charge in [0, 0.05) is 33.6 Å². The first-order chi connectivity index (χ1) is 21.8. The van der Waals surface area contributed by atoms with Gasteiger partial charge < -0.3 is 24.1 Å². The first kappa shape index (κ1) is 29.3. The van der Waals surface area contributed by atoms with Crippen LogP contribution in [0, 0.1) is 29.6 Å². The Balaban J connectivity index is 1.11. The maximum atomic E-state index is 14.0. The van der Waals surface area contributed by atoms with Crippen LogP contribution in [-0.2, 0) is 19.1 Å². The second-order valence-corrected chi connectivity index (χ2v) is 15.3. The molecule has 10 nitrogen and oxygen atoms in total. The Morgan fingerprint density at radius 1 is 1.02 bits per heavy atom. The second kappa shape index (κ2) is 11.3. The summed E-state index contributed by atoms with van der Waals surface area (Å²) in [6.07, 6.45) is 0.807. The summed E-state index contributed by atoms with van der Waals surface area (Å²) in [5.74, 6) is -0.212. The molecule has 2 saturated carbocycles. The number of anilines is 1. The molecule has 45 heavy (non-hydrogen) atoms. The van der Waals surface area contributed by atoms with Gasteiger partial charge in [-0.3, -0.25) is 24.1 Å². The number of halogens is 1. The van der Waals surface area contributed by atoms with Crippen LogP contribution in [0.1, 0.15) is 22.8 Å². The zero-order valence-electron chi connectivity index (χ0n) is 24.3. The molecule has 13 heteroatoms. The molecule has 234 valence electrons. The van der Waals surface area contributed by atoms with E-state index in [0.717, 1.165) is 26.4 Å². The van der Waals surface area contributed by atoms with Gasteiger partial charge in [-0.1, -0.05) is 33.3 Å². The number of aromatic nitrogens is 1. The zero-order chi connectivity index (χ0) is 31.0. The number of rotatable bonds is 6. The van der Waals surface area contributed by atoms with Crippen LogP contribution in [0.4, 0.5) is 5.69 Å². The largest absolute Gasteiger partial charge is 0.493 e. The second-order valence-electron chi connectivity index (χ2n) is 12.1. The summed E-state index contributed by atoms with van der Waals surface area (Å²) in [7, 11) is 1.57. The number of ether oxygens (including phenoxy) is 3. The van der Waals surface area contributed by atoms with Crippen LogP contribution in [0.15, 0.2) is 56.8 Å². The SMILES string of the molecule is COc1cc([C@H]2c3sc(=O)[nH]c3SC3C2[C@H]2C[C@@H]3C3C(=O)N(c4ccc(Br)cc4)C(=O)C32)ccc1OCC(=O)N1CCOCC1. The molecule has 7 atom stereocenters. The topological polar surface area (TPSA) is 118 Å². The molecule has 5 aliphatic rings. The van der Waals surface area contributed by atoms with Gasteiger partial charge >= 0.3 is 4.87 Å². The Labute approximate surface area is 275 Å². The normalized spacial score (nSPS) is 29.9. The molecule has 0 spiro atoms. The Bertz CT molecular complexity index is 1750. The molecule has 2 aromatic carbocycles. The number of thiazole rings is 1. The summed E-state index contributed by atoms with van der Waals surface area (Å²) in [5, 5.41) is 0.922. The van der Waals surface area contributed by atoms with E-state index in [0.29, 0.717) is 43.5 Å². The molecule has 4 unspecified atom stereocenters. The van der Waals surface area contributed by atoms with Crippen molar-refractivity contribution in [2.45, 2.75) is 22.6 Å². The number of carbonyl (C=O) groups excluding carboxylic acids is 3. The van der Waals surface area contributed by atoms with E-state index < -0.39 is 0 Å². The van der Waals surface area contributed by atoms with E-state index in [1.807, 2.05) is 30.3 Å². The highest BCUT2D eigenvalue weighted by Gasteiger charge is 2.69. The van der Waals surface area contributed by atoms with Gasteiger partial charge in [0.25, 0.3) is 5.91 Å². The number of hydrogen-bond acceptors (Lipinski definition) is 9. The van der Waals surface area contributed by atoms with Crippen molar-refractivity contribution in [2.75, 3.05) is 44.9 Å². The summed E-state index contributed by atoms with van der Waals surface area (Å²) in [4.78, 5) is 60.2. The molecule has 8 rings (SSSR count). The van der Waals surface area contributed by atoms with Crippen LogP contribution in [0.3, 0.4) is 0 Å². The Hall–Kier alpha value is -3.13. The van der Waals surface area contributed by atoms with Crippen molar-refractivity contribution in [1.82, 2.24) is 9.88 Å². The molecule has 2 bridgehead atoms. The van der Waals surface area contributed by atoms with Gasteiger partial charge in [0.15, 0.2) is 18.1 Å². The quantitative estimate of drug-likeness (QED) is 0.380. The molecule has 3 aliphatic heterocycles. The minimum atomic E-state index is -0.386. The highest BCUT2D eigenvalue weighted by Crippen LogP contribution is 2.68. The molecule has 3 amide bonds. The van der Waals surface area contributed by atoms with Gasteiger partial charge in [0.1, 0.15) is 0 Å². The third kappa shape index (κ3) is 4.68. The molecule has 2 saturated heterocycles. The van der Waals surface area contributed by atoms with Crippen LogP contribution in [0.2, 0.25) is 0 Å². The fourth-order valence-corrected chi connectivity index (χ4v) is 11.4. The number of hydrogen-bond donors (Lipinski definition) is 1. The van der Waals surface area contributed by atoms with E-state index in [1.54, 1.807) is 35.9 Å². The lowest BCUT2D eigenvalue weighted by molar-refractivity contribution is -0.137. The Morgan fingerprint density at radius 3 is 2.49 bits per heavy atom. The number of thioether (sulfide) groups is 1. The Morgan fingerprint density at radius 2 is 1.76 bits per heavy atom.